The van der Waals surface area contributed by atoms with Gasteiger partial charge in [-0.1, -0.05) is 47.5 Å². The number of anilines is 1. The maximum Gasteiger partial charge on any atom is 0.290 e. The van der Waals surface area contributed by atoms with Gasteiger partial charge >= 0.3 is 0 Å². The van der Waals surface area contributed by atoms with Crippen molar-refractivity contribution in [1.82, 2.24) is 15.4 Å². The van der Waals surface area contributed by atoms with Crippen molar-refractivity contribution in [3.05, 3.63) is 70.0 Å². The van der Waals surface area contributed by atoms with Crippen LogP contribution in [0.2, 0.25) is 10.0 Å². The number of para-hydroxylation sites is 1. The third kappa shape index (κ3) is 3.11. The van der Waals surface area contributed by atoms with Crippen molar-refractivity contribution < 1.29 is 9.59 Å². The van der Waals surface area contributed by atoms with Crippen LogP contribution in [-0.4, -0.2) is 21.8 Å². The Hall–Kier alpha value is -3.29. The zero-order valence-electron chi connectivity index (χ0n) is 14.2. The maximum absolute atomic E-state index is 12.8. The summed E-state index contributed by atoms with van der Waals surface area (Å²) in [6, 6.07) is 14.0. The summed E-state index contributed by atoms with van der Waals surface area (Å²) < 4.78 is 0. The summed E-state index contributed by atoms with van der Waals surface area (Å²) in [7, 11) is 0. The van der Waals surface area contributed by atoms with Crippen LogP contribution in [0, 0.1) is 0 Å². The number of hydrazine groups is 1. The van der Waals surface area contributed by atoms with Crippen molar-refractivity contribution in [2.75, 3.05) is 5.43 Å². The Balaban J connectivity index is 1.77. The first-order valence-corrected chi connectivity index (χ1v) is 8.93. The second kappa shape index (κ2) is 7.03. The summed E-state index contributed by atoms with van der Waals surface area (Å²) in [5.74, 6) is -1.30. The molecule has 0 saturated heterocycles. The molecule has 2 aromatic carbocycles. The van der Waals surface area contributed by atoms with Gasteiger partial charge in [-0.05, 0) is 24.3 Å². The fraction of sp³-hybridized carbons (Fsp3) is 0. The molecule has 0 atom stereocenters. The fourth-order valence-corrected chi connectivity index (χ4v) is 3.27. The number of fused-ring (bicyclic) bond motifs is 3. The largest absolute Gasteiger partial charge is 0.364 e. The molecule has 0 radical (unpaired) electrons. The summed E-state index contributed by atoms with van der Waals surface area (Å²) >= 11 is 12.1. The van der Waals surface area contributed by atoms with Crippen molar-refractivity contribution in [2.24, 2.45) is 5.73 Å². The van der Waals surface area contributed by atoms with Crippen LogP contribution >= 0.6 is 23.2 Å². The Morgan fingerprint density at radius 3 is 2.61 bits per heavy atom. The molecule has 4 rings (SSSR count). The molecule has 0 fully saturated rings. The summed E-state index contributed by atoms with van der Waals surface area (Å²) in [5, 5.41) is 2.12. The van der Waals surface area contributed by atoms with E-state index >= 15 is 0 Å². The predicted molar refractivity (Wildman–Crippen MR) is 110 cm³/mol. The van der Waals surface area contributed by atoms with E-state index in [4.69, 9.17) is 28.9 Å². The molecule has 2 aromatic heterocycles. The topological polar surface area (TPSA) is 113 Å². The molecular weight excluding hydrogens is 401 g/mol. The van der Waals surface area contributed by atoms with Crippen molar-refractivity contribution in [3.63, 3.8) is 0 Å². The Bertz CT molecular complexity index is 1250. The molecule has 0 spiro atoms. The van der Waals surface area contributed by atoms with E-state index in [2.05, 4.69) is 20.8 Å². The second-order valence-electron chi connectivity index (χ2n) is 5.99. The van der Waals surface area contributed by atoms with Gasteiger partial charge in [-0.2, -0.15) is 0 Å². The average molecular weight is 414 g/mol. The molecule has 0 aliphatic carbocycles. The van der Waals surface area contributed by atoms with E-state index in [9.17, 15) is 9.59 Å². The number of benzene rings is 2. The Labute approximate surface area is 168 Å². The lowest BCUT2D eigenvalue weighted by atomic mass is 10.1. The Morgan fingerprint density at radius 2 is 1.82 bits per heavy atom. The number of carbonyl (C=O) groups excluding carboxylic acids is 2. The zero-order valence-corrected chi connectivity index (χ0v) is 15.7. The first-order valence-electron chi connectivity index (χ1n) is 8.17. The minimum Gasteiger partial charge on any atom is -0.364 e. The Morgan fingerprint density at radius 1 is 1.04 bits per heavy atom. The lowest BCUT2D eigenvalue weighted by molar-refractivity contribution is 0.0959. The molecule has 0 saturated carbocycles. The number of nitrogens with one attached hydrogen (secondary N) is 3. The van der Waals surface area contributed by atoms with Gasteiger partial charge in [0.25, 0.3) is 11.8 Å². The van der Waals surface area contributed by atoms with E-state index in [0.717, 1.165) is 10.9 Å². The fourth-order valence-electron chi connectivity index (χ4n) is 2.92. The van der Waals surface area contributed by atoms with Crippen LogP contribution in [0.4, 0.5) is 5.69 Å². The molecule has 2 amide bonds. The van der Waals surface area contributed by atoms with E-state index in [1.807, 2.05) is 24.3 Å². The number of pyridine rings is 1. The number of aromatic amines is 1. The monoisotopic (exact) mass is 413 g/mol. The molecule has 0 aliphatic rings. The van der Waals surface area contributed by atoms with Crippen molar-refractivity contribution in [2.45, 2.75) is 0 Å². The normalized spacial score (nSPS) is 10.9. The number of primary amides is 1. The van der Waals surface area contributed by atoms with E-state index < -0.39 is 11.8 Å². The maximum atomic E-state index is 12.8. The van der Waals surface area contributed by atoms with Gasteiger partial charge in [0, 0.05) is 16.3 Å². The number of hydrogen-bond donors (Lipinski definition) is 4. The summed E-state index contributed by atoms with van der Waals surface area (Å²) in [6.45, 7) is 0. The van der Waals surface area contributed by atoms with Gasteiger partial charge in [-0.15, -0.1) is 0 Å². The van der Waals surface area contributed by atoms with Crippen molar-refractivity contribution >= 4 is 62.5 Å². The summed E-state index contributed by atoms with van der Waals surface area (Å²) in [5.41, 5.74) is 12.4. The number of nitrogens with two attached hydrogens (primary N) is 1. The standard InChI is InChI=1S/C19H13Cl2N5O2/c20-11-5-3-7-13(15(11)21)25-26-19(28)17-16-10(8-14(24-17)18(22)27)9-4-1-2-6-12(9)23-16/h1-8,23,25H,(H2,22,27)(H,26,28). The van der Waals surface area contributed by atoms with Gasteiger partial charge in [0.05, 0.1) is 21.2 Å². The first kappa shape index (κ1) is 18.1. The van der Waals surface area contributed by atoms with Crippen molar-refractivity contribution in [1.29, 1.82) is 0 Å². The van der Waals surface area contributed by atoms with Crippen LogP contribution in [0.15, 0.2) is 48.5 Å². The molecule has 4 aromatic rings. The minimum absolute atomic E-state index is 0.0109. The average Bonchev–Trinajstić information content (AvgIpc) is 3.06. The molecule has 7 nitrogen and oxygen atoms in total. The van der Waals surface area contributed by atoms with Gasteiger partial charge in [0.1, 0.15) is 5.69 Å². The number of hydrogen-bond acceptors (Lipinski definition) is 4. The van der Waals surface area contributed by atoms with E-state index in [0.29, 0.717) is 21.6 Å². The highest BCUT2D eigenvalue weighted by atomic mass is 35.5. The van der Waals surface area contributed by atoms with E-state index in [-0.39, 0.29) is 16.4 Å². The van der Waals surface area contributed by atoms with Crippen LogP contribution in [-0.2, 0) is 0 Å². The molecular formula is C19H13Cl2N5O2. The second-order valence-corrected chi connectivity index (χ2v) is 6.78. The van der Waals surface area contributed by atoms with Crippen LogP contribution in [0.5, 0.6) is 0 Å². The molecule has 0 aliphatic heterocycles. The smallest absolute Gasteiger partial charge is 0.290 e. The number of carbonyl (C=O) groups is 2. The summed E-state index contributed by atoms with van der Waals surface area (Å²) in [4.78, 5) is 31.8. The van der Waals surface area contributed by atoms with Gasteiger partial charge < -0.3 is 10.7 Å². The van der Waals surface area contributed by atoms with Gasteiger partial charge in [0.15, 0.2) is 5.69 Å². The molecule has 0 bridgehead atoms. The number of H-pyrrole nitrogens is 1. The van der Waals surface area contributed by atoms with Gasteiger partial charge in [-0.25, -0.2) is 4.98 Å². The van der Waals surface area contributed by atoms with Gasteiger partial charge in [-0.3, -0.25) is 20.4 Å². The third-order valence-electron chi connectivity index (χ3n) is 4.23. The molecule has 28 heavy (non-hydrogen) atoms. The minimum atomic E-state index is -0.730. The van der Waals surface area contributed by atoms with E-state index in [1.165, 1.54) is 0 Å². The van der Waals surface area contributed by atoms with Crippen LogP contribution in [0.3, 0.4) is 0 Å². The quantitative estimate of drug-likeness (QED) is 0.380. The van der Waals surface area contributed by atoms with Crippen LogP contribution in [0.25, 0.3) is 21.8 Å². The number of aromatic nitrogens is 2. The van der Waals surface area contributed by atoms with E-state index in [1.54, 1.807) is 24.3 Å². The zero-order chi connectivity index (χ0) is 19.8. The lowest BCUT2D eigenvalue weighted by Crippen LogP contribution is -2.31. The highest BCUT2D eigenvalue weighted by Crippen LogP contribution is 2.30. The molecule has 0 unspecified atom stereocenters. The third-order valence-corrected chi connectivity index (χ3v) is 5.05. The highest BCUT2D eigenvalue weighted by molar-refractivity contribution is 6.43. The molecule has 5 N–H and O–H groups in total. The lowest BCUT2D eigenvalue weighted by Gasteiger charge is -2.11. The Kier molecular flexibility index (Phi) is 4.54. The summed E-state index contributed by atoms with van der Waals surface area (Å²) in [6.07, 6.45) is 0. The van der Waals surface area contributed by atoms with Crippen LogP contribution < -0.4 is 16.6 Å². The SMILES string of the molecule is NC(=O)c1cc2c([nH]c3ccccc32)c(C(=O)NNc2cccc(Cl)c2Cl)n1. The number of amides is 2. The number of rotatable bonds is 4. The molecule has 140 valence electrons. The highest BCUT2D eigenvalue weighted by Gasteiger charge is 2.19. The molecule has 9 heteroatoms. The number of halogens is 2. The molecule has 2 heterocycles. The predicted octanol–water partition coefficient (Wildman–Crippen LogP) is 3.88. The van der Waals surface area contributed by atoms with Crippen molar-refractivity contribution in [3.8, 4) is 0 Å². The first-order chi connectivity index (χ1) is 13.5. The number of nitrogens with zero attached hydrogens (tertiary/aromatic N) is 1. The van der Waals surface area contributed by atoms with Gasteiger partial charge in [0.2, 0.25) is 0 Å². The van der Waals surface area contributed by atoms with Crippen LogP contribution in [0.1, 0.15) is 21.0 Å².